The third-order valence-electron chi connectivity index (χ3n) is 2.84. The van der Waals surface area contributed by atoms with E-state index < -0.39 is 6.03 Å². The number of anilines is 2. The molecule has 0 fully saturated rings. The van der Waals surface area contributed by atoms with Crippen LogP contribution < -0.4 is 16.4 Å². The minimum absolute atomic E-state index is 0.219. The first kappa shape index (κ1) is 13.0. The summed E-state index contributed by atoms with van der Waals surface area (Å²) in [6.45, 7) is 2.10. The lowest BCUT2D eigenvalue weighted by Gasteiger charge is -2.16. The fourth-order valence-electron chi connectivity index (χ4n) is 1.87. The third kappa shape index (κ3) is 3.74. The molecular formula is C15H17N3O. The minimum Gasteiger partial charge on any atom is -0.379 e. The summed E-state index contributed by atoms with van der Waals surface area (Å²) in [5.74, 6) is 0. The second-order valence-electron chi connectivity index (χ2n) is 4.34. The highest BCUT2D eigenvalue weighted by Gasteiger charge is 2.04. The number of nitrogens with two attached hydrogens (primary N) is 1. The van der Waals surface area contributed by atoms with Crippen LogP contribution in [0.3, 0.4) is 0 Å². The normalized spacial score (nSPS) is 11.6. The van der Waals surface area contributed by atoms with E-state index in [0.29, 0.717) is 5.69 Å². The molecule has 0 bridgehead atoms. The van der Waals surface area contributed by atoms with Crippen LogP contribution in [-0.2, 0) is 0 Å². The lowest BCUT2D eigenvalue weighted by atomic mass is 10.1. The Morgan fingerprint density at radius 2 is 1.58 bits per heavy atom. The highest BCUT2D eigenvalue weighted by atomic mass is 16.2. The maximum absolute atomic E-state index is 10.7. The number of hydrogen-bond donors (Lipinski definition) is 3. The Morgan fingerprint density at radius 1 is 1.00 bits per heavy atom. The Hall–Kier alpha value is -2.49. The Morgan fingerprint density at radius 3 is 2.16 bits per heavy atom. The fraction of sp³-hybridized carbons (Fsp3) is 0.133. The van der Waals surface area contributed by atoms with Gasteiger partial charge in [0.25, 0.3) is 0 Å². The molecule has 4 nitrogen and oxygen atoms in total. The maximum Gasteiger partial charge on any atom is 0.316 e. The molecule has 4 heteroatoms. The van der Waals surface area contributed by atoms with Crippen LogP contribution >= 0.6 is 0 Å². The molecule has 0 saturated carbocycles. The van der Waals surface area contributed by atoms with Gasteiger partial charge >= 0.3 is 6.03 Å². The molecular weight excluding hydrogens is 238 g/mol. The smallest absolute Gasteiger partial charge is 0.316 e. The zero-order valence-corrected chi connectivity index (χ0v) is 10.8. The molecule has 1 atom stereocenters. The quantitative estimate of drug-likeness (QED) is 0.784. The molecule has 2 aromatic carbocycles. The molecule has 0 aliphatic rings. The summed E-state index contributed by atoms with van der Waals surface area (Å²) in [4.78, 5) is 10.7. The average molecular weight is 255 g/mol. The van der Waals surface area contributed by atoms with Gasteiger partial charge < -0.3 is 16.4 Å². The van der Waals surface area contributed by atoms with Crippen LogP contribution in [0.15, 0.2) is 54.6 Å². The van der Waals surface area contributed by atoms with Gasteiger partial charge in [0.2, 0.25) is 0 Å². The SMILES string of the molecule is CC(Nc1ccc(NC(N)=O)cc1)c1ccccc1. The molecule has 19 heavy (non-hydrogen) atoms. The van der Waals surface area contributed by atoms with Gasteiger partial charge in [-0.05, 0) is 36.8 Å². The molecule has 98 valence electrons. The zero-order valence-electron chi connectivity index (χ0n) is 10.8. The lowest BCUT2D eigenvalue weighted by molar-refractivity contribution is 0.259. The van der Waals surface area contributed by atoms with Crippen molar-refractivity contribution in [3.8, 4) is 0 Å². The Kier molecular flexibility index (Phi) is 4.03. The molecule has 0 heterocycles. The van der Waals surface area contributed by atoms with E-state index in [0.717, 1.165) is 5.69 Å². The van der Waals surface area contributed by atoms with Gasteiger partial charge in [0.15, 0.2) is 0 Å². The summed E-state index contributed by atoms with van der Waals surface area (Å²) in [5, 5.41) is 5.92. The van der Waals surface area contributed by atoms with Gasteiger partial charge in [-0.3, -0.25) is 0 Å². The zero-order chi connectivity index (χ0) is 13.7. The van der Waals surface area contributed by atoms with E-state index >= 15 is 0 Å². The van der Waals surface area contributed by atoms with Crippen molar-refractivity contribution in [2.24, 2.45) is 5.73 Å². The number of amides is 2. The van der Waals surface area contributed by atoms with Crippen LogP contribution in [0.2, 0.25) is 0 Å². The first-order valence-corrected chi connectivity index (χ1v) is 6.13. The molecule has 0 aliphatic heterocycles. The molecule has 0 saturated heterocycles. The van der Waals surface area contributed by atoms with Gasteiger partial charge in [0, 0.05) is 17.4 Å². The molecule has 0 spiro atoms. The van der Waals surface area contributed by atoms with Gasteiger partial charge in [0.1, 0.15) is 0 Å². The monoisotopic (exact) mass is 255 g/mol. The second-order valence-corrected chi connectivity index (χ2v) is 4.34. The number of carbonyl (C=O) groups is 1. The van der Waals surface area contributed by atoms with Crippen LogP contribution in [-0.4, -0.2) is 6.03 Å². The van der Waals surface area contributed by atoms with Crippen molar-refractivity contribution in [1.29, 1.82) is 0 Å². The topological polar surface area (TPSA) is 67.2 Å². The predicted molar refractivity (Wildman–Crippen MR) is 78.1 cm³/mol. The summed E-state index contributed by atoms with van der Waals surface area (Å²) >= 11 is 0. The highest BCUT2D eigenvalue weighted by Crippen LogP contribution is 2.20. The Balaban J connectivity index is 2.01. The van der Waals surface area contributed by atoms with E-state index in [2.05, 4.69) is 29.7 Å². The summed E-state index contributed by atoms with van der Waals surface area (Å²) in [6.07, 6.45) is 0. The molecule has 2 rings (SSSR count). The van der Waals surface area contributed by atoms with E-state index in [-0.39, 0.29) is 6.04 Å². The first-order chi connectivity index (χ1) is 9.15. The molecule has 1 unspecified atom stereocenters. The van der Waals surface area contributed by atoms with Crippen LogP contribution in [0.25, 0.3) is 0 Å². The van der Waals surface area contributed by atoms with E-state index in [9.17, 15) is 4.79 Å². The van der Waals surface area contributed by atoms with Crippen LogP contribution in [0.5, 0.6) is 0 Å². The number of urea groups is 1. The first-order valence-electron chi connectivity index (χ1n) is 6.13. The highest BCUT2D eigenvalue weighted by molar-refractivity contribution is 5.87. The van der Waals surface area contributed by atoms with Crippen molar-refractivity contribution in [1.82, 2.24) is 0 Å². The molecule has 0 aliphatic carbocycles. The average Bonchev–Trinajstić information content (AvgIpc) is 2.41. The summed E-state index contributed by atoms with van der Waals surface area (Å²) < 4.78 is 0. The number of hydrogen-bond acceptors (Lipinski definition) is 2. The fourth-order valence-corrected chi connectivity index (χ4v) is 1.87. The van der Waals surface area contributed by atoms with Gasteiger partial charge in [-0.2, -0.15) is 0 Å². The second kappa shape index (κ2) is 5.91. The largest absolute Gasteiger partial charge is 0.379 e. The van der Waals surface area contributed by atoms with Gasteiger partial charge in [0.05, 0.1) is 0 Å². The predicted octanol–water partition coefficient (Wildman–Crippen LogP) is 3.35. The van der Waals surface area contributed by atoms with E-state index in [1.54, 1.807) is 0 Å². The number of carbonyl (C=O) groups excluding carboxylic acids is 1. The van der Waals surface area contributed by atoms with Crippen molar-refractivity contribution in [2.45, 2.75) is 13.0 Å². The number of primary amides is 1. The summed E-state index contributed by atoms with van der Waals surface area (Å²) in [5.41, 5.74) is 7.96. The molecule has 0 aromatic heterocycles. The number of benzene rings is 2. The minimum atomic E-state index is -0.557. The Bertz CT molecular complexity index is 537. The van der Waals surface area contributed by atoms with Crippen molar-refractivity contribution < 1.29 is 4.79 Å². The lowest BCUT2D eigenvalue weighted by Crippen LogP contribution is -2.19. The maximum atomic E-state index is 10.7. The van der Waals surface area contributed by atoms with Gasteiger partial charge in [-0.15, -0.1) is 0 Å². The van der Waals surface area contributed by atoms with Crippen LogP contribution in [0.1, 0.15) is 18.5 Å². The third-order valence-corrected chi connectivity index (χ3v) is 2.84. The molecule has 0 radical (unpaired) electrons. The Labute approximate surface area is 112 Å². The van der Waals surface area contributed by atoms with Crippen molar-refractivity contribution >= 4 is 17.4 Å². The summed E-state index contributed by atoms with van der Waals surface area (Å²) in [7, 11) is 0. The molecule has 2 aromatic rings. The summed E-state index contributed by atoms with van der Waals surface area (Å²) in [6, 6.07) is 17.3. The van der Waals surface area contributed by atoms with Gasteiger partial charge in [-0.1, -0.05) is 30.3 Å². The van der Waals surface area contributed by atoms with Crippen molar-refractivity contribution in [3.63, 3.8) is 0 Å². The van der Waals surface area contributed by atoms with Crippen LogP contribution in [0.4, 0.5) is 16.2 Å². The number of rotatable bonds is 4. The molecule has 4 N–H and O–H groups in total. The molecule has 2 amide bonds. The van der Waals surface area contributed by atoms with Crippen molar-refractivity contribution in [3.05, 3.63) is 60.2 Å². The van der Waals surface area contributed by atoms with Crippen molar-refractivity contribution in [2.75, 3.05) is 10.6 Å². The van der Waals surface area contributed by atoms with E-state index in [1.807, 2.05) is 42.5 Å². The van der Waals surface area contributed by atoms with Crippen LogP contribution in [0, 0.1) is 0 Å². The van der Waals surface area contributed by atoms with Gasteiger partial charge in [-0.25, -0.2) is 4.79 Å². The van der Waals surface area contributed by atoms with E-state index in [4.69, 9.17) is 5.73 Å². The number of nitrogens with one attached hydrogen (secondary N) is 2. The van der Waals surface area contributed by atoms with E-state index in [1.165, 1.54) is 5.56 Å². The standard InChI is InChI=1S/C15H17N3O/c1-11(12-5-3-2-4-6-12)17-13-7-9-14(10-8-13)18-15(16)19/h2-11,17H,1H3,(H3,16,18,19).